The van der Waals surface area contributed by atoms with Gasteiger partial charge in [-0.3, -0.25) is 0 Å². The first kappa shape index (κ1) is 16.5. The van der Waals surface area contributed by atoms with Gasteiger partial charge in [0.2, 0.25) is 0 Å². The maximum atomic E-state index is 13.7. The molecule has 2 rings (SSSR count). The summed E-state index contributed by atoms with van der Waals surface area (Å²) in [4.78, 5) is 13.7. The van der Waals surface area contributed by atoms with E-state index in [2.05, 4.69) is 5.32 Å². The summed E-state index contributed by atoms with van der Waals surface area (Å²) < 4.78 is 18.7. The lowest BCUT2D eigenvalue weighted by Gasteiger charge is -2.31. The van der Waals surface area contributed by atoms with Crippen LogP contribution < -0.4 is 10.1 Å². The van der Waals surface area contributed by atoms with Crippen LogP contribution in [-0.4, -0.2) is 42.8 Å². The first-order valence-electron chi connectivity index (χ1n) is 7.55. The molecule has 1 fully saturated rings. The minimum absolute atomic E-state index is 0.0830. The van der Waals surface area contributed by atoms with Crippen LogP contribution in [0.1, 0.15) is 25.7 Å². The lowest BCUT2D eigenvalue weighted by atomic mass is 9.86. The maximum Gasteiger partial charge on any atom is 0.321 e. The molecule has 0 heterocycles. The van der Waals surface area contributed by atoms with E-state index in [9.17, 15) is 14.3 Å². The average molecular weight is 310 g/mol. The van der Waals surface area contributed by atoms with Crippen molar-refractivity contribution in [1.82, 2.24) is 4.90 Å². The monoisotopic (exact) mass is 310 g/mol. The minimum Gasteiger partial charge on any atom is -0.497 e. The molecule has 2 amide bonds. The Morgan fingerprint density at radius 3 is 2.86 bits per heavy atom. The number of nitrogens with zero attached hydrogens (tertiary/aromatic N) is 1. The second kappa shape index (κ2) is 7.45. The first-order valence-corrected chi connectivity index (χ1v) is 7.55. The SMILES string of the molecule is COc1ccc(F)c(NC(=O)N(C)CC2CCCCC2O)c1. The van der Waals surface area contributed by atoms with Gasteiger partial charge in [-0.15, -0.1) is 0 Å². The third kappa shape index (κ3) is 4.10. The number of aliphatic hydroxyl groups excluding tert-OH is 1. The number of rotatable bonds is 4. The van der Waals surface area contributed by atoms with Crippen LogP contribution >= 0.6 is 0 Å². The number of carbonyl (C=O) groups is 1. The Morgan fingerprint density at radius 1 is 1.45 bits per heavy atom. The molecule has 122 valence electrons. The van der Waals surface area contributed by atoms with Gasteiger partial charge in [0, 0.05) is 25.6 Å². The van der Waals surface area contributed by atoms with E-state index in [1.165, 1.54) is 30.2 Å². The molecular formula is C16H23FN2O3. The van der Waals surface area contributed by atoms with Crippen LogP contribution in [0.3, 0.4) is 0 Å². The molecule has 6 heteroatoms. The van der Waals surface area contributed by atoms with Gasteiger partial charge in [0.15, 0.2) is 0 Å². The summed E-state index contributed by atoms with van der Waals surface area (Å²) in [6.07, 6.45) is 3.43. The second-order valence-corrected chi connectivity index (χ2v) is 5.77. The molecular weight excluding hydrogens is 287 g/mol. The highest BCUT2D eigenvalue weighted by molar-refractivity contribution is 5.89. The van der Waals surface area contributed by atoms with Gasteiger partial charge >= 0.3 is 6.03 Å². The Morgan fingerprint density at radius 2 is 2.18 bits per heavy atom. The Balaban J connectivity index is 1.96. The molecule has 5 nitrogen and oxygen atoms in total. The van der Waals surface area contributed by atoms with E-state index in [0.717, 1.165) is 25.7 Å². The number of hydrogen-bond acceptors (Lipinski definition) is 3. The number of halogens is 1. The van der Waals surface area contributed by atoms with E-state index in [1.807, 2.05) is 0 Å². The largest absolute Gasteiger partial charge is 0.497 e. The van der Waals surface area contributed by atoms with Crippen molar-refractivity contribution in [2.24, 2.45) is 5.92 Å². The molecule has 0 spiro atoms. The van der Waals surface area contributed by atoms with Crippen LogP contribution in [0.5, 0.6) is 5.75 Å². The summed E-state index contributed by atoms with van der Waals surface area (Å²) in [6.45, 7) is 0.457. The number of nitrogens with one attached hydrogen (secondary N) is 1. The van der Waals surface area contributed by atoms with E-state index >= 15 is 0 Å². The molecule has 2 N–H and O–H groups in total. The van der Waals surface area contributed by atoms with Gasteiger partial charge in [-0.1, -0.05) is 12.8 Å². The lowest BCUT2D eigenvalue weighted by Crippen LogP contribution is -2.40. The highest BCUT2D eigenvalue weighted by atomic mass is 19.1. The molecule has 1 saturated carbocycles. The number of urea groups is 1. The zero-order valence-electron chi connectivity index (χ0n) is 13.0. The number of benzene rings is 1. The number of hydrogen-bond donors (Lipinski definition) is 2. The standard InChI is InChI=1S/C16H23FN2O3/c1-19(10-11-5-3-4-6-15(11)20)16(21)18-14-9-12(22-2)7-8-13(14)17/h7-9,11,15,20H,3-6,10H2,1-2H3,(H,18,21). The quantitative estimate of drug-likeness (QED) is 0.899. The third-order valence-electron chi connectivity index (χ3n) is 4.14. The van der Waals surface area contributed by atoms with Gasteiger partial charge in [0.1, 0.15) is 11.6 Å². The summed E-state index contributed by atoms with van der Waals surface area (Å²) in [5, 5.41) is 12.5. The van der Waals surface area contributed by atoms with Crippen molar-refractivity contribution in [3.05, 3.63) is 24.0 Å². The van der Waals surface area contributed by atoms with Gasteiger partial charge in [0.25, 0.3) is 0 Å². The zero-order chi connectivity index (χ0) is 16.1. The van der Waals surface area contributed by atoms with Crippen molar-refractivity contribution in [2.45, 2.75) is 31.8 Å². The highest BCUT2D eigenvalue weighted by Gasteiger charge is 2.25. The van der Waals surface area contributed by atoms with E-state index in [1.54, 1.807) is 7.05 Å². The minimum atomic E-state index is -0.514. The van der Waals surface area contributed by atoms with E-state index in [4.69, 9.17) is 4.74 Å². The van der Waals surface area contributed by atoms with Crippen molar-refractivity contribution in [1.29, 1.82) is 0 Å². The molecule has 22 heavy (non-hydrogen) atoms. The van der Waals surface area contributed by atoms with E-state index < -0.39 is 11.8 Å². The van der Waals surface area contributed by atoms with Crippen LogP contribution in [0.2, 0.25) is 0 Å². The fourth-order valence-corrected chi connectivity index (χ4v) is 2.77. The number of aliphatic hydroxyl groups is 1. The smallest absolute Gasteiger partial charge is 0.321 e. The summed E-state index contributed by atoms with van der Waals surface area (Å²) in [5.41, 5.74) is 0.0837. The summed E-state index contributed by atoms with van der Waals surface area (Å²) >= 11 is 0. The van der Waals surface area contributed by atoms with E-state index in [0.29, 0.717) is 12.3 Å². The van der Waals surface area contributed by atoms with Gasteiger partial charge in [-0.25, -0.2) is 9.18 Å². The Kier molecular flexibility index (Phi) is 5.60. The van der Waals surface area contributed by atoms with Crippen molar-refractivity contribution in [2.75, 3.05) is 26.0 Å². The molecule has 0 bridgehead atoms. The van der Waals surface area contributed by atoms with Gasteiger partial charge in [-0.2, -0.15) is 0 Å². The number of amides is 2. The summed E-state index contributed by atoms with van der Waals surface area (Å²) in [5.74, 6) is 0.0435. The van der Waals surface area contributed by atoms with Crippen molar-refractivity contribution >= 4 is 11.7 Å². The average Bonchev–Trinajstić information content (AvgIpc) is 2.51. The van der Waals surface area contributed by atoms with Crippen molar-refractivity contribution in [3.63, 3.8) is 0 Å². The molecule has 0 saturated heterocycles. The van der Waals surface area contributed by atoms with Gasteiger partial charge < -0.3 is 20.1 Å². The summed E-state index contributed by atoms with van der Waals surface area (Å²) in [6, 6.07) is 3.79. The van der Waals surface area contributed by atoms with Gasteiger partial charge in [-0.05, 0) is 25.0 Å². The second-order valence-electron chi connectivity index (χ2n) is 5.77. The molecule has 0 aliphatic heterocycles. The summed E-state index contributed by atoms with van der Waals surface area (Å²) in [7, 11) is 3.13. The van der Waals surface area contributed by atoms with Crippen LogP contribution in [0, 0.1) is 11.7 Å². The molecule has 0 radical (unpaired) electrons. The Hall–Kier alpha value is -1.82. The fraction of sp³-hybridized carbons (Fsp3) is 0.562. The van der Waals surface area contributed by atoms with Crippen LogP contribution in [0.4, 0.5) is 14.9 Å². The van der Waals surface area contributed by atoms with Crippen LogP contribution in [0.15, 0.2) is 18.2 Å². The first-order chi connectivity index (χ1) is 10.5. The Bertz CT molecular complexity index is 524. The normalized spacial score (nSPS) is 21.3. The number of methoxy groups -OCH3 is 1. The van der Waals surface area contributed by atoms with Crippen LogP contribution in [-0.2, 0) is 0 Å². The Labute approximate surface area is 130 Å². The molecule has 1 aliphatic carbocycles. The van der Waals surface area contributed by atoms with E-state index in [-0.39, 0.29) is 17.7 Å². The number of ether oxygens (including phenoxy) is 1. The van der Waals surface area contributed by atoms with Gasteiger partial charge in [0.05, 0.1) is 18.9 Å². The fourth-order valence-electron chi connectivity index (χ4n) is 2.77. The van der Waals surface area contributed by atoms with Crippen molar-refractivity contribution in [3.8, 4) is 5.75 Å². The van der Waals surface area contributed by atoms with Crippen LogP contribution in [0.25, 0.3) is 0 Å². The molecule has 1 aromatic rings. The van der Waals surface area contributed by atoms with Crippen molar-refractivity contribution < 1.29 is 19.0 Å². The number of anilines is 1. The predicted molar refractivity (Wildman–Crippen MR) is 82.6 cm³/mol. The lowest BCUT2D eigenvalue weighted by molar-refractivity contribution is 0.0575. The molecule has 2 atom stereocenters. The number of carbonyl (C=O) groups excluding carboxylic acids is 1. The topological polar surface area (TPSA) is 61.8 Å². The molecule has 0 aromatic heterocycles. The zero-order valence-corrected chi connectivity index (χ0v) is 13.0. The highest BCUT2D eigenvalue weighted by Crippen LogP contribution is 2.25. The molecule has 2 unspecified atom stereocenters. The molecule has 1 aliphatic rings. The maximum absolute atomic E-state index is 13.7. The molecule has 1 aromatic carbocycles. The third-order valence-corrected chi connectivity index (χ3v) is 4.14. The predicted octanol–water partition coefficient (Wildman–Crippen LogP) is 2.85.